The van der Waals surface area contributed by atoms with Crippen molar-refractivity contribution in [3.8, 4) is 17.1 Å². The minimum Gasteiger partial charge on any atom is -0.476 e. The number of carbonyl (C=O) groups is 2. The molecule has 0 atom stereocenters. The number of hydrogen-bond donors (Lipinski definition) is 1. The second-order valence-electron chi connectivity index (χ2n) is 7.34. The van der Waals surface area contributed by atoms with Crippen molar-refractivity contribution in [2.75, 3.05) is 18.5 Å². The van der Waals surface area contributed by atoms with Crippen LogP contribution in [-0.4, -0.2) is 25.1 Å². The fourth-order valence-corrected chi connectivity index (χ4v) is 3.74. The van der Waals surface area contributed by atoms with Gasteiger partial charge < -0.3 is 19.2 Å². The Hall–Kier alpha value is -3.81. The Morgan fingerprint density at radius 1 is 1.00 bits per heavy atom. The van der Waals surface area contributed by atoms with Gasteiger partial charge in [0.1, 0.15) is 5.58 Å². The third kappa shape index (κ3) is 5.48. The maximum atomic E-state index is 13.2. The Labute approximate surface area is 210 Å². The van der Waals surface area contributed by atoms with E-state index < -0.39 is 23.9 Å². The first-order valence-corrected chi connectivity index (χ1v) is 11.3. The summed E-state index contributed by atoms with van der Waals surface area (Å²) in [4.78, 5) is 37.6. The third-order valence-electron chi connectivity index (χ3n) is 4.96. The van der Waals surface area contributed by atoms with Crippen LogP contribution in [0.25, 0.3) is 22.3 Å². The van der Waals surface area contributed by atoms with Crippen molar-refractivity contribution in [2.24, 2.45) is 0 Å². The molecule has 0 unspecified atom stereocenters. The van der Waals surface area contributed by atoms with Crippen molar-refractivity contribution in [2.45, 2.75) is 6.92 Å². The number of hydrogen-bond acceptors (Lipinski definition) is 6. The zero-order valence-corrected chi connectivity index (χ0v) is 20.0. The summed E-state index contributed by atoms with van der Waals surface area (Å²) in [6.07, 6.45) is 0. The fraction of sp³-hybridized carbons (Fsp3) is 0.115. The summed E-state index contributed by atoms with van der Waals surface area (Å²) in [6.45, 7) is 1.50. The van der Waals surface area contributed by atoms with Gasteiger partial charge in [0.2, 0.25) is 11.2 Å². The molecule has 0 aliphatic rings. The first-order chi connectivity index (χ1) is 16.9. The topological polar surface area (TPSA) is 94.8 Å². The van der Waals surface area contributed by atoms with Gasteiger partial charge in [-0.05, 0) is 61.5 Å². The Bertz CT molecular complexity index is 1460. The van der Waals surface area contributed by atoms with E-state index in [0.717, 1.165) is 0 Å². The summed E-state index contributed by atoms with van der Waals surface area (Å²) < 4.78 is 16.6. The van der Waals surface area contributed by atoms with E-state index >= 15 is 0 Å². The molecule has 1 amide bonds. The van der Waals surface area contributed by atoms with Crippen LogP contribution in [0.1, 0.15) is 17.3 Å². The summed E-state index contributed by atoms with van der Waals surface area (Å²) in [7, 11) is 0. The lowest BCUT2D eigenvalue weighted by molar-refractivity contribution is -0.118. The van der Waals surface area contributed by atoms with Crippen molar-refractivity contribution in [3.63, 3.8) is 0 Å². The molecule has 7 nitrogen and oxygen atoms in total. The van der Waals surface area contributed by atoms with Crippen molar-refractivity contribution in [1.29, 1.82) is 0 Å². The number of anilines is 1. The van der Waals surface area contributed by atoms with Gasteiger partial charge in [-0.3, -0.25) is 9.59 Å². The molecule has 35 heavy (non-hydrogen) atoms. The number of benzene rings is 3. The first-order valence-electron chi connectivity index (χ1n) is 10.6. The third-order valence-corrected chi connectivity index (χ3v) is 5.52. The molecule has 0 saturated heterocycles. The summed E-state index contributed by atoms with van der Waals surface area (Å²) >= 11 is 12.4. The van der Waals surface area contributed by atoms with Gasteiger partial charge in [-0.1, -0.05) is 35.3 Å². The molecule has 1 aromatic heterocycles. The van der Waals surface area contributed by atoms with E-state index in [4.69, 9.17) is 37.1 Å². The number of esters is 1. The lowest BCUT2D eigenvalue weighted by Crippen LogP contribution is -2.22. The molecule has 178 valence electrons. The lowest BCUT2D eigenvalue weighted by Gasteiger charge is -2.13. The molecule has 4 aromatic rings. The molecule has 0 aliphatic heterocycles. The van der Waals surface area contributed by atoms with Gasteiger partial charge in [0.15, 0.2) is 12.4 Å². The number of fused-ring (bicyclic) bond motifs is 1. The predicted molar refractivity (Wildman–Crippen MR) is 134 cm³/mol. The van der Waals surface area contributed by atoms with Gasteiger partial charge in [0.05, 0.1) is 22.6 Å². The van der Waals surface area contributed by atoms with Crippen LogP contribution in [-0.2, 0) is 9.53 Å². The minimum atomic E-state index is -0.524. The number of carbonyl (C=O) groups excluding carboxylic acids is 2. The van der Waals surface area contributed by atoms with Crippen molar-refractivity contribution in [1.82, 2.24) is 0 Å². The molecule has 4 rings (SSSR count). The van der Waals surface area contributed by atoms with Crippen LogP contribution in [0, 0.1) is 0 Å². The molecule has 3 aromatic carbocycles. The highest BCUT2D eigenvalue weighted by molar-refractivity contribution is 6.33. The minimum absolute atomic E-state index is 0.0991. The highest BCUT2D eigenvalue weighted by Crippen LogP contribution is 2.35. The molecule has 0 radical (unpaired) electrons. The monoisotopic (exact) mass is 511 g/mol. The molecule has 1 N–H and O–H groups in total. The van der Waals surface area contributed by atoms with E-state index in [0.29, 0.717) is 32.4 Å². The largest absolute Gasteiger partial charge is 0.476 e. The number of nitrogens with one attached hydrogen (secondary N) is 1. The van der Waals surface area contributed by atoms with Crippen LogP contribution in [0.3, 0.4) is 0 Å². The normalized spacial score (nSPS) is 10.7. The van der Waals surface area contributed by atoms with Gasteiger partial charge in [0.25, 0.3) is 5.91 Å². The Morgan fingerprint density at radius 3 is 2.46 bits per heavy atom. The first kappa shape index (κ1) is 24.3. The van der Waals surface area contributed by atoms with Crippen LogP contribution in [0.15, 0.2) is 75.9 Å². The van der Waals surface area contributed by atoms with Crippen LogP contribution >= 0.6 is 23.2 Å². The van der Waals surface area contributed by atoms with Crippen LogP contribution in [0.2, 0.25) is 10.0 Å². The Kier molecular flexibility index (Phi) is 7.39. The van der Waals surface area contributed by atoms with E-state index in [1.54, 1.807) is 55.5 Å². The summed E-state index contributed by atoms with van der Waals surface area (Å²) in [6, 6.07) is 17.7. The average molecular weight is 512 g/mol. The average Bonchev–Trinajstić information content (AvgIpc) is 2.85. The molecular formula is C26H19Cl2NO6. The van der Waals surface area contributed by atoms with Crippen molar-refractivity contribution < 1.29 is 23.5 Å². The standard InChI is InChI=1S/C26H19Cl2NO6/c1-2-33-26(32)15-7-10-17(11-8-15)29-22(30)14-34-25-23(31)19-13-16(27)9-12-21(19)35-24(25)18-5-3-4-6-20(18)28/h3-13H,2,14H2,1H3,(H,29,30). The summed E-state index contributed by atoms with van der Waals surface area (Å²) in [5.41, 5.74) is 1.05. The zero-order valence-electron chi connectivity index (χ0n) is 18.5. The second kappa shape index (κ2) is 10.6. The molecule has 0 saturated carbocycles. The molecular weight excluding hydrogens is 493 g/mol. The van der Waals surface area contributed by atoms with Gasteiger partial charge in [-0.25, -0.2) is 4.79 Å². The molecule has 9 heteroatoms. The second-order valence-corrected chi connectivity index (χ2v) is 8.19. The number of ether oxygens (including phenoxy) is 2. The molecule has 1 heterocycles. The quantitative estimate of drug-likeness (QED) is 0.307. The zero-order chi connectivity index (χ0) is 24.9. The van der Waals surface area contributed by atoms with Gasteiger partial charge in [0, 0.05) is 16.3 Å². The van der Waals surface area contributed by atoms with E-state index in [9.17, 15) is 14.4 Å². The maximum Gasteiger partial charge on any atom is 0.338 e. The molecule has 0 fully saturated rings. The molecule has 0 aliphatic carbocycles. The predicted octanol–water partition coefficient (Wildman–Crippen LogP) is 5.96. The molecule has 0 spiro atoms. The fourth-order valence-electron chi connectivity index (χ4n) is 3.34. The van der Waals surface area contributed by atoms with Crippen LogP contribution in [0.4, 0.5) is 5.69 Å². The summed E-state index contributed by atoms with van der Waals surface area (Å²) in [5.74, 6) is -1.05. The number of halogens is 2. The number of amides is 1. The van der Waals surface area contributed by atoms with Crippen molar-refractivity contribution in [3.05, 3.63) is 92.6 Å². The summed E-state index contributed by atoms with van der Waals surface area (Å²) in [5, 5.41) is 3.56. The van der Waals surface area contributed by atoms with Gasteiger partial charge in [-0.15, -0.1) is 0 Å². The van der Waals surface area contributed by atoms with E-state index in [-0.39, 0.29) is 23.5 Å². The van der Waals surface area contributed by atoms with E-state index in [1.165, 1.54) is 18.2 Å². The van der Waals surface area contributed by atoms with Crippen LogP contribution in [0.5, 0.6) is 5.75 Å². The van der Waals surface area contributed by atoms with Gasteiger partial charge in [-0.2, -0.15) is 0 Å². The highest BCUT2D eigenvalue weighted by Gasteiger charge is 2.21. The molecule has 0 bridgehead atoms. The lowest BCUT2D eigenvalue weighted by atomic mass is 10.1. The SMILES string of the molecule is CCOC(=O)c1ccc(NC(=O)COc2c(-c3ccccc3Cl)oc3ccc(Cl)cc3c2=O)cc1. The van der Waals surface area contributed by atoms with E-state index in [1.807, 2.05) is 0 Å². The van der Waals surface area contributed by atoms with Gasteiger partial charge >= 0.3 is 5.97 Å². The number of rotatable bonds is 7. The Morgan fingerprint density at radius 2 is 1.74 bits per heavy atom. The van der Waals surface area contributed by atoms with E-state index in [2.05, 4.69) is 5.32 Å². The van der Waals surface area contributed by atoms with Crippen molar-refractivity contribution >= 4 is 51.7 Å². The highest BCUT2D eigenvalue weighted by atomic mass is 35.5. The smallest absolute Gasteiger partial charge is 0.338 e. The maximum absolute atomic E-state index is 13.2. The van der Waals surface area contributed by atoms with Crippen LogP contribution < -0.4 is 15.5 Å². The Balaban J connectivity index is 1.60.